The first kappa shape index (κ1) is 13.4. The van der Waals surface area contributed by atoms with Crippen LogP contribution in [0.2, 0.25) is 0 Å². The van der Waals surface area contributed by atoms with Gasteiger partial charge < -0.3 is 9.84 Å². The molecule has 3 atom stereocenters. The molecule has 1 aliphatic rings. The maximum atomic E-state index is 12.1. The number of aliphatic hydroxyl groups excluding tert-OH is 1. The van der Waals surface area contributed by atoms with Crippen LogP contribution >= 0.6 is 0 Å². The molecule has 0 amide bonds. The van der Waals surface area contributed by atoms with Crippen LogP contribution in [0.1, 0.15) is 36.5 Å². The zero-order valence-corrected chi connectivity index (χ0v) is 9.95. The van der Waals surface area contributed by atoms with Gasteiger partial charge in [-0.1, -0.05) is 31.2 Å². The first-order valence-corrected chi connectivity index (χ1v) is 5.83. The molecule has 100 valence electrons. The molecular weight excluding hydrogens is 245 g/mol. The van der Waals surface area contributed by atoms with Gasteiger partial charge in [0.15, 0.2) is 0 Å². The van der Waals surface area contributed by atoms with Gasteiger partial charge >= 0.3 is 6.18 Å². The minimum absolute atomic E-state index is 0.0860. The predicted octanol–water partition coefficient (Wildman–Crippen LogP) is 3.17. The summed E-state index contributed by atoms with van der Waals surface area (Å²) in [4.78, 5) is 0. The van der Waals surface area contributed by atoms with E-state index in [-0.39, 0.29) is 5.92 Å². The van der Waals surface area contributed by atoms with E-state index in [0.29, 0.717) is 12.0 Å². The highest BCUT2D eigenvalue weighted by Gasteiger charge is 2.36. The SMILES string of the molecule is CC1CC(OCC(F)(F)F)C(O)c2ccccc21. The molecule has 1 aromatic rings. The minimum atomic E-state index is -4.36. The summed E-state index contributed by atoms with van der Waals surface area (Å²) < 4.78 is 41.2. The summed E-state index contributed by atoms with van der Waals surface area (Å²) in [6.45, 7) is 0.609. The molecule has 0 bridgehead atoms. The number of fused-ring (bicyclic) bond motifs is 1. The Balaban J connectivity index is 2.13. The molecule has 1 aromatic carbocycles. The van der Waals surface area contributed by atoms with Gasteiger partial charge in [0.05, 0.1) is 6.10 Å². The Bertz CT molecular complexity index is 417. The van der Waals surface area contributed by atoms with Crippen molar-refractivity contribution >= 4 is 0 Å². The van der Waals surface area contributed by atoms with E-state index < -0.39 is 25.0 Å². The second kappa shape index (κ2) is 4.90. The second-order valence-corrected chi connectivity index (χ2v) is 4.68. The topological polar surface area (TPSA) is 29.5 Å². The van der Waals surface area contributed by atoms with Gasteiger partial charge in [0.2, 0.25) is 0 Å². The first-order chi connectivity index (χ1) is 8.38. The van der Waals surface area contributed by atoms with Crippen LogP contribution < -0.4 is 0 Å². The number of halogens is 3. The van der Waals surface area contributed by atoms with Gasteiger partial charge in [0.1, 0.15) is 12.7 Å². The lowest BCUT2D eigenvalue weighted by molar-refractivity contribution is -0.198. The van der Waals surface area contributed by atoms with Crippen LogP contribution in [0.15, 0.2) is 24.3 Å². The Morgan fingerprint density at radius 2 is 1.89 bits per heavy atom. The summed E-state index contributed by atoms with van der Waals surface area (Å²) in [6, 6.07) is 7.25. The van der Waals surface area contributed by atoms with Crippen molar-refractivity contribution < 1.29 is 23.0 Å². The summed E-state index contributed by atoms with van der Waals surface area (Å²) in [5, 5.41) is 10.0. The maximum absolute atomic E-state index is 12.1. The van der Waals surface area contributed by atoms with Crippen molar-refractivity contribution in [2.45, 2.75) is 37.6 Å². The molecule has 2 nitrogen and oxygen atoms in total. The third-order valence-electron chi connectivity index (χ3n) is 3.24. The Labute approximate surface area is 103 Å². The van der Waals surface area contributed by atoms with Crippen molar-refractivity contribution in [1.82, 2.24) is 0 Å². The van der Waals surface area contributed by atoms with Crippen LogP contribution in [-0.2, 0) is 4.74 Å². The number of hydrogen-bond donors (Lipinski definition) is 1. The summed E-state index contributed by atoms with van der Waals surface area (Å²) in [5.41, 5.74) is 1.65. The van der Waals surface area contributed by atoms with Gasteiger partial charge in [-0.05, 0) is 23.5 Å². The van der Waals surface area contributed by atoms with E-state index in [4.69, 9.17) is 4.74 Å². The first-order valence-electron chi connectivity index (χ1n) is 5.83. The van der Waals surface area contributed by atoms with Crippen LogP contribution in [0.25, 0.3) is 0 Å². The summed E-state index contributed by atoms with van der Waals surface area (Å²) >= 11 is 0. The van der Waals surface area contributed by atoms with E-state index in [1.54, 1.807) is 12.1 Å². The van der Waals surface area contributed by atoms with Crippen molar-refractivity contribution in [3.63, 3.8) is 0 Å². The monoisotopic (exact) mass is 260 g/mol. The molecule has 0 spiro atoms. The Morgan fingerprint density at radius 3 is 2.50 bits per heavy atom. The Hall–Kier alpha value is -1.07. The molecule has 0 saturated heterocycles. The Morgan fingerprint density at radius 1 is 1.28 bits per heavy atom. The molecular formula is C13H15F3O2. The molecule has 3 unspecified atom stereocenters. The van der Waals surface area contributed by atoms with Crippen molar-refractivity contribution in [1.29, 1.82) is 0 Å². The van der Waals surface area contributed by atoms with Gasteiger partial charge in [0.25, 0.3) is 0 Å². The van der Waals surface area contributed by atoms with Gasteiger partial charge in [-0.2, -0.15) is 13.2 Å². The van der Waals surface area contributed by atoms with E-state index in [0.717, 1.165) is 5.56 Å². The molecule has 2 rings (SSSR count). The molecule has 0 fully saturated rings. The number of aliphatic hydroxyl groups is 1. The van der Waals surface area contributed by atoms with E-state index in [1.165, 1.54) is 0 Å². The molecule has 0 aliphatic heterocycles. The van der Waals surface area contributed by atoms with E-state index in [1.807, 2.05) is 19.1 Å². The zero-order chi connectivity index (χ0) is 13.3. The third kappa shape index (κ3) is 2.84. The quantitative estimate of drug-likeness (QED) is 0.885. The van der Waals surface area contributed by atoms with Gasteiger partial charge in [0, 0.05) is 0 Å². The van der Waals surface area contributed by atoms with E-state index in [2.05, 4.69) is 0 Å². The number of benzene rings is 1. The highest BCUT2D eigenvalue weighted by molar-refractivity contribution is 5.35. The largest absolute Gasteiger partial charge is 0.411 e. The van der Waals surface area contributed by atoms with Crippen LogP contribution in [0, 0.1) is 0 Å². The lowest BCUT2D eigenvalue weighted by atomic mass is 9.80. The molecule has 0 radical (unpaired) electrons. The smallest absolute Gasteiger partial charge is 0.386 e. The lowest BCUT2D eigenvalue weighted by Crippen LogP contribution is -2.33. The van der Waals surface area contributed by atoms with Crippen molar-refractivity contribution in [3.8, 4) is 0 Å². The Kier molecular flexibility index (Phi) is 3.64. The molecule has 0 saturated carbocycles. The summed E-state index contributed by atoms with van der Waals surface area (Å²) in [7, 11) is 0. The van der Waals surface area contributed by atoms with Crippen LogP contribution in [0.5, 0.6) is 0 Å². The van der Waals surface area contributed by atoms with E-state index >= 15 is 0 Å². The van der Waals surface area contributed by atoms with E-state index in [9.17, 15) is 18.3 Å². The van der Waals surface area contributed by atoms with Crippen molar-refractivity contribution in [2.24, 2.45) is 0 Å². The fraction of sp³-hybridized carbons (Fsp3) is 0.538. The number of ether oxygens (including phenoxy) is 1. The van der Waals surface area contributed by atoms with Gasteiger partial charge in [-0.25, -0.2) is 0 Å². The van der Waals surface area contributed by atoms with Crippen LogP contribution in [0.3, 0.4) is 0 Å². The summed E-state index contributed by atoms with van der Waals surface area (Å²) in [6.07, 6.45) is -5.75. The minimum Gasteiger partial charge on any atom is -0.386 e. The van der Waals surface area contributed by atoms with Crippen LogP contribution in [-0.4, -0.2) is 24.0 Å². The average molecular weight is 260 g/mol. The van der Waals surface area contributed by atoms with Crippen molar-refractivity contribution in [3.05, 3.63) is 35.4 Å². The van der Waals surface area contributed by atoms with Crippen LogP contribution in [0.4, 0.5) is 13.2 Å². The molecule has 18 heavy (non-hydrogen) atoms. The van der Waals surface area contributed by atoms with Gasteiger partial charge in [-0.3, -0.25) is 0 Å². The van der Waals surface area contributed by atoms with Crippen molar-refractivity contribution in [2.75, 3.05) is 6.61 Å². The fourth-order valence-electron chi connectivity index (χ4n) is 2.39. The van der Waals surface area contributed by atoms with Gasteiger partial charge in [-0.15, -0.1) is 0 Å². The highest BCUT2D eigenvalue weighted by atomic mass is 19.4. The summed E-state index contributed by atoms with van der Waals surface area (Å²) in [5.74, 6) is 0.0860. The highest BCUT2D eigenvalue weighted by Crippen LogP contribution is 2.39. The zero-order valence-electron chi connectivity index (χ0n) is 9.95. The maximum Gasteiger partial charge on any atom is 0.411 e. The number of rotatable bonds is 2. The standard InChI is InChI=1S/C13H15F3O2/c1-8-6-11(18-7-13(14,15)16)12(17)10-5-3-2-4-9(8)10/h2-5,8,11-12,17H,6-7H2,1H3. The average Bonchev–Trinajstić information content (AvgIpc) is 2.31. The second-order valence-electron chi connectivity index (χ2n) is 4.68. The third-order valence-corrected chi connectivity index (χ3v) is 3.24. The molecule has 0 aromatic heterocycles. The molecule has 1 N–H and O–H groups in total. The number of alkyl halides is 3. The normalized spacial score (nSPS) is 27.9. The number of hydrogen-bond acceptors (Lipinski definition) is 2. The molecule has 0 heterocycles. The molecule has 1 aliphatic carbocycles. The fourth-order valence-corrected chi connectivity index (χ4v) is 2.39. The predicted molar refractivity (Wildman–Crippen MR) is 60.2 cm³/mol. The lowest BCUT2D eigenvalue weighted by Gasteiger charge is -2.34. The molecule has 5 heteroatoms.